The van der Waals surface area contributed by atoms with Crippen molar-refractivity contribution >= 4 is 44.2 Å². The average molecular weight is 495 g/mol. The number of ether oxygens (including phenoxy) is 1. The second-order valence-electron chi connectivity index (χ2n) is 8.28. The maximum absolute atomic E-state index is 13.7. The Hall–Kier alpha value is -2.86. The van der Waals surface area contributed by atoms with Gasteiger partial charge in [0.25, 0.3) is 5.91 Å². The molecule has 0 fully saturated rings. The first-order valence-electron chi connectivity index (χ1n) is 10.9. The number of carbonyl (C=O) groups excluding carboxylic acids is 2. The molecule has 0 saturated heterocycles. The highest BCUT2D eigenvalue weighted by Crippen LogP contribution is 2.39. The summed E-state index contributed by atoms with van der Waals surface area (Å²) in [4.78, 5) is 28.1. The molecule has 1 heterocycles. The zero-order chi connectivity index (χ0) is 22.8. The highest BCUT2D eigenvalue weighted by atomic mass is 79.9. The van der Waals surface area contributed by atoms with Crippen molar-refractivity contribution in [1.82, 2.24) is 5.32 Å². The molecule has 6 heteroatoms. The van der Waals surface area contributed by atoms with E-state index < -0.39 is 6.04 Å². The van der Waals surface area contributed by atoms with Crippen LogP contribution < -0.4 is 15.0 Å². The average Bonchev–Trinajstić information content (AvgIpc) is 2.93. The largest absolute Gasteiger partial charge is 0.487 e. The highest BCUT2D eigenvalue weighted by molar-refractivity contribution is 9.10. The molecule has 2 amide bonds. The minimum atomic E-state index is -0.758. The Balaban J connectivity index is 1.77. The summed E-state index contributed by atoms with van der Waals surface area (Å²) in [5.74, 6) is 0.125. The molecule has 0 bridgehead atoms. The summed E-state index contributed by atoms with van der Waals surface area (Å²) < 4.78 is 6.81. The van der Waals surface area contributed by atoms with E-state index in [4.69, 9.17) is 4.74 Å². The summed E-state index contributed by atoms with van der Waals surface area (Å²) >= 11 is 3.56. The molecule has 166 valence electrons. The molecule has 0 radical (unpaired) electrons. The van der Waals surface area contributed by atoms with Crippen molar-refractivity contribution in [3.8, 4) is 5.75 Å². The first-order valence-corrected chi connectivity index (χ1v) is 11.7. The number of anilines is 1. The zero-order valence-electron chi connectivity index (χ0n) is 18.5. The van der Waals surface area contributed by atoms with Gasteiger partial charge in [-0.15, -0.1) is 0 Å². The van der Waals surface area contributed by atoms with Crippen LogP contribution in [0, 0.1) is 12.8 Å². The second kappa shape index (κ2) is 9.33. The van der Waals surface area contributed by atoms with E-state index in [-0.39, 0.29) is 24.3 Å². The molecular formula is C26H27BrN2O3. The van der Waals surface area contributed by atoms with Gasteiger partial charge in [0.15, 0.2) is 5.75 Å². The van der Waals surface area contributed by atoms with Gasteiger partial charge >= 0.3 is 0 Å². The number of amides is 2. The van der Waals surface area contributed by atoms with Gasteiger partial charge in [-0.3, -0.25) is 9.59 Å². The number of carbonyl (C=O) groups is 2. The first kappa shape index (κ1) is 22.3. The van der Waals surface area contributed by atoms with Crippen molar-refractivity contribution in [3.63, 3.8) is 0 Å². The second-order valence-corrected chi connectivity index (χ2v) is 9.13. The fraction of sp³-hybridized carbons (Fsp3) is 0.308. The number of benzene rings is 3. The van der Waals surface area contributed by atoms with Gasteiger partial charge in [0, 0.05) is 5.92 Å². The third-order valence-corrected chi connectivity index (χ3v) is 6.79. The summed E-state index contributed by atoms with van der Waals surface area (Å²) in [6.07, 6.45) is 0.707. The Bertz CT molecular complexity index is 1180. The van der Waals surface area contributed by atoms with Crippen LogP contribution >= 0.6 is 15.9 Å². The fourth-order valence-electron chi connectivity index (χ4n) is 3.98. The van der Waals surface area contributed by atoms with E-state index in [1.807, 2.05) is 44.2 Å². The van der Waals surface area contributed by atoms with Gasteiger partial charge in [0.1, 0.15) is 12.6 Å². The van der Waals surface area contributed by atoms with Gasteiger partial charge in [-0.25, -0.2) is 0 Å². The molecule has 0 aromatic heterocycles. The van der Waals surface area contributed by atoms with Crippen molar-refractivity contribution in [2.75, 3.05) is 11.5 Å². The van der Waals surface area contributed by atoms with Crippen LogP contribution in [-0.2, 0) is 16.1 Å². The molecule has 2 atom stereocenters. The maximum atomic E-state index is 13.7. The minimum Gasteiger partial charge on any atom is -0.487 e. The molecule has 0 saturated carbocycles. The quantitative estimate of drug-likeness (QED) is 0.518. The van der Waals surface area contributed by atoms with Gasteiger partial charge in [-0.05, 0) is 63.3 Å². The van der Waals surface area contributed by atoms with Crippen LogP contribution in [0.3, 0.4) is 0 Å². The molecule has 0 spiro atoms. The van der Waals surface area contributed by atoms with Crippen molar-refractivity contribution in [3.05, 3.63) is 70.2 Å². The van der Waals surface area contributed by atoms with Crippen LogP contribution in [0.5, 0.6) is 5.75 Å². The van der Waals surface area contributed by atoms with Crippen LogP contribution in [0.25, 0.3) is 10.8 Å². The molecule has 3 aromatic carbocycles. The number of fused-ring (bicyclic) bond motifs is 2. The third-order valence-electron chi connectivity index (χ3n) is 6.16. The van der Waals surface area contributed by atoms with Gasteiger partial charge in [0.05, 0.1) is 16.7 Å². The number of nitrogens with zero attached hydrogens (tertiary/aromatic N) is 1. The van der Waals surface area contributed by atoms with Crippen LogP contribution in [-0.4, -0.2) is 24.5 Å². The topological polar surface area (TPSA) is 58.6 Å². The molecule has 32 heavy (non-hydrogen) atoms. The highest BCUT2D eigenvalue weighted by Gasteiger charge is 2.34. The monoisotopic (exact) mass is 494 g/mol. The molecule has 0 unspecified atom stereocenters. The van der Waals surface area contributed by atoms with Crippen LogP contribution in [0.4, 0.5) is 5.69 Å². The zero-order valence-corrected chi connectivity index (χ0v) is 20.1. The maximum Gasteiger partial charge on any atom is 0.253 e. The number of rotatable bonds is 5. The van der Waals surface area contributed by atoms with Crippen LogP contribution in [0.15, 0.2) is 59.1 Å². The Morgan fingerprint density at radius 1 is 1.19 bits per heavy atom. The van der Waals surface area contributed by atoms with Crippen LogP contribution in [0.2, 0.25) is 0 Å². The molecule has 1 aliphatic rings. The Kier molecular flexibility index (Phi) is 6.51. The number of hydrogen-bond donors (Lipinski definition) is 1. The lowest BCUT2D eigenvalue weighted by Crippen LogP contribution is -2.51. The smallest absolute Gasteiger partial charge is 0.253 e. The predicted octanol–water partition coefficient (Wildman–Crippen LogP) is 5.37. The first-order chi connectivity index (χ1) is 15.4. The van der Waals surface area contributed by atoms with Crippen molar-refractivity contribution in [2.45, 2.75) is 39.8 Å². The Morgan fingerprint density at radius 2 is 1.97 bits per heavy atom. The summed E-state index contributed by atoms with van der Waals surface area (Å²) in [6, 6.07) is 17.3. The Morgan fingerprint density at radius 3 is 2.75 bits per heavy atom. The number of hydrogen-bond acceptors (Lipinski definition) is 3. The molecule has 0 aliphatic carbocycles. The van der Waals surface area contributed by atoms with E-state index in [9.17, 15) is 9.59 Å². The van der Waals surface area contributed by atoms with Gasteiger partial charge < -0.3 is 15.0 Å². The van der Waals surface area contributed by atoms with Gasteiger partial charge in [0.2, 0.25) is 5.91 Å². The third kappa shape index (κ3) is 4.24. The fourth-order valence-corrected chi connectivity index (χ4v) is 4.45. The molecule has 3 aromatic rings. The Labute approximate surface area is 196 Å². The van der Waals surface area contributed by atoms with Gasteiger partial charge in [-0.2, -0.15) is 0 Å². The standard InChI is InChI=1S/C26H27BrN2O3/c1-4-16(2)25(30)28-22-15-32-24-21(27)10-7-11-23(24)29(26(22)31)14-20-17(3)12-13-18-8-5-6-9-19(18)20/h5-13,16,22H,4,14-15H2,1-3H3,(H,28,30)/t16-,22+/m1/s1. The number of nitrogens with one attached hydrogen (secondary N) is 1. The van der Waals surface area contributed by atoms with E-state index in [2.05, 4.69) is 52.4 Å². The van der Waals surface area contributed by atoms with E-state index in [1.54, 1.807) is 4.90 Å². The molecular weight excluding hydrogens is 468 g/mol. The number of para-hydroxylation sites is 1. The lowest BCUT2D eigenvalue weighted by atomic mass is 9.99. The molecule has 1 aliphatic heterocycles. The van der Waals surface area contributed by atoms with E-state index in [1.165, 1.54) is 0 Å². The summed E-state index contributed by atoms with van der Waals surface area (Å²) in [5.41, 5.74) is 2.88. The van der Waals surface area contributed by atoms with E-state index in [0.29, 0.717) is 24.4 Å². The summed E-state index contributed by atoms with van der Waals surface area (Å²) in [5, 5.41) is 5.15. The van der Waals surface area contributed by atoms with E-state index >= 15 is 0 Å². The van der Waals surface area contributed by atoms with Crippen molar-refractivity contribution < 1.29 is 14.3 Å². The molecule has 1 N–H and O–H groups in total. The van der Waals surface area contributed by atoms with E-state index in [0.717, 1.165) is 26.4 Å². The SMILES string of the molecule is CC[C@@H](C)C(=O)N[C@H]1COc2c(Br)cccc2N(Cc2c(C)ccc3ccccc23)C1=O. The number of aryl methyl sites for hydroxylation is 1. The normalized spacial score (nSPS) is 16.8. The lowest BCUT2D eigenvalue weighted by molar-refractivity contribution is -0.130. The molecule has 5 nitrogen and oxygen atoms in total. The summed E-state index contributed by atoms with van der Waals surface area (Å²) in [7, 11) is 0. The van der Waals surface area contributed by atoms with Gasteiger partial charge in [-0.1, -0.05) is 56.3 Å². The summed E-state index contributed by atoms with van der Waals surface area (Å²) in [6.45, 7) is 6.35. The molecule has 4 rings (SSSR count). The minimum absolute atomic E-state index is 0.0850. The lowest BCUT2D eigenvalue weighted by Gasteiger charge is -2.27. The predicted molar refractivity (Wildman–Crippen MR) is 131 cm³/mol. The number of halogens is 1. The van der Waals surface area contributed by atoms with Crippen molar-refractivity contribution in [1.29, 1.82) is 0 Å². The van der Waals surface area contributed by atoms with Crippen LogP contribution in [0.1, 0.15) is 31.4 Å². The van der Waals surface area contributed by atoms with Crippen molar-refractivity contribution in [2.24, 2.45) is 5.92 Å².